The van der Waals surface area contributed by atoms with E-state index in [0.29, 0.717) is 17.9 Å². The third kappa shape index (κ3) is 3.83. The average molecular weight is 259 g/mol. The minimum absolute atomic E-state index is 0.270. The zero-order valence-corrected chi connectivity index (χ0v) is 11.3. The lowest BCUT2D eigenvalue weighted by atomic mass is 10.2. The second-order valence-corrected chi connectivity index (χ2v) is 4.51. The van der Waals surface area contributed by atoms with Crippen LogP contribution in [0.2, 0.25) is 0 Å². The number of nitrogens with zero attached hydrogens (tertiary/aromatic N) is 2. The Bertz CT molecular complexity index is 555. The summed E-state index contributed by atoms with van der Waals surface area (Å²) in [5, 5.41) is 3.30. The molecule has 1 heterocycles. The van der Waals surface area contributed by atoms with Gasteiger partial charge in [0, 0.05) is 17.8 Å². The molecule has 1 aromatic heterocycles. The molecule has 19 heavy (non-hydrogen) atoms. The van der Waals surface area contributed by atoms with Crippen molar-refractivity contribution in [2.45, 2.75) is 26.8 Å². The van der Waals surface area contributed by atoms with Crippen molar-refractivity contribution >= 4 is 0 Å². The molecule has 0 amide bonds. The lowest BCUT2D eigenvalue weighted by Gasteiger charge is -2.07. The quantitative estimate of drug-likeness (QED) is 0.838. The molecule has 3 nitrogen and oxygen atoms in total. The van der Waals surface area contributed by atoms with Gasteiger partial charge in [-0.25, -0.2) is 14.4 Å². The van der Waals surface area contributed by atoms with Crippen LogP contribution in [0.3, 0.4) is 0 Å². The Morgan fingerprint density at radius 2 is 2.05 bits per heavy atom. The Morgan fingerprint density at radius 3 is 2.79 bits per heavy atom. The van der Waals surface area contributed by atoms with Crippen molar-refractivity contribution in [3.8, 4) is 11.4 Å². The Hall–Kier alpha value is -1.81. The number of hydrogen-bond donors (Lipinski definition) is 1. The maximum absolute atomic E-state index is 13.2. The molecule has 4 heteroatoms. The highest BCUT2D eigenvalue weighted by Crippen LogP contribution is 2.17. The number of aryl methyl sites for hydroxylation is 1. The number of hydrogen-bond acceptors (Lipinski definition) is 3. The highest BCUT2D eigenvalue weighted by atomic mass is 19.1. The molecule has 0 unspecified atom stereocenters. The van der Waals surface area contributed by atoms with Crippen molar-refractivity contribution in [1.82, 2.24) is 15.3 Å². The predicted molar refractivity (Wildman–Crippen MR) is 74.2 cm³/mol. The second kappa shape index (κ2) is 6.38. The molecule has 0 aliphatic rings. The van der Waals surface area contributed by atoms with Crippen LogP contribution in [0.1, 0.15) is 24.7 Å². The fraction of sp³-hybridized carbons (Fsp3) is 0.333. The van der Waals surface area contributed by atoms with Gasteiger partial charge in [-0.1, -0.05) is 19.1 Å². The maximum Gasteiger partial charge on any atom is 0.159 e. The first kappa shape index (κ1) is 13.6. The van der Waals surface area contributed by atoms with Crippen LogP contribution >= 0.6 is 0 Å². The van der Waals surface area contributed by atoms with E-state index in [0.717, 1.165) is 24.4 Å². The first-order valence-electron chi connectivity index (χ1n) is 6.50. The summed E-state index contributed by atoms with van der Waals surface area (Å²) < 4.78 is 13.2. The van der Waals surface area contributed by atoms with Crippen LogP contribution in [-0.4, -0.2) is 16.5 Å². The van der Waals surface area contributed by atoms with E-state index >= 15 is 0 Å². The largest absolute Gasteiger partial charge is 0.311 e. The van der Waals surface area contributed by atoms with Crippen LogP contribution < -0.4 is 5.32 Å². The fourth-order valence-corrected chi connectivity index (χ4v) is 1.87. The van der Waals surface area contributed by atoms with Crippen LogP contribution in [0.15, 0.2) is 30.3 Å². The van der Waals surface area contributed by atoms with Crippen molar-refractivity contribution < 1.29 is 4.39 Å². The monoisotopic (exact) mass is 259 g/mol. The van der Waals surface area contributed by atoms with Crippen LogP contribution in [0.4, 0.5) is 4.39 Å². The van der Waals surface area contributed by atoms with Gasteiger partial charge in [-0.3, -0.25) is 0 Å². The number of aromatic nitrogens is 2. The lowest BCUT2D eigenvalue weighted by molar-refractivity contribution is 0.628. The normalized spacial score (nSPS) is 10.7. The number of halogens is 1. The van der Waals surface area contributed by atoms with E-state index in [9.17, 15) is 4.39 Å². The van der Waals surface area contributed by atoms with E-state index in [1.165, 1.54) is 12.1 Å². The first-order chi connectivity index (χ1) is 9.19. The van der Waals surface area contributed by atoms with E-state index in [2.05, 4.69) is 22.2 Å². The summed E-state index contributed by atoms with van der Waals surface area (Å²) in [5.74, 6) is 0.307. The van der Waals surface area contributed by atoms with Gasteiger partial charge < -0.3 is 5.32 Å². The molecule has 0 spiro atoms. The summed E-state index contributed by atoms with van der Waals surface area (Å²) >= 11 is 0. The Morgan fingerprint density at radius 1 is 1.21 bits per heavy atom. The first-order valence-corrected chi connectivity index (χ1v) is 6.50. The number of benzene rings is 1. The highest BCUT2D eigenvalue weighted by molar-refractivity contribution is 5.55. The van der Waals surface area contributed by atoms with Gasteiger partial charge >= 0.3 is 0 Å². The van der Waals surface area contributed by atoms with Crippen LogP contribution in [0.5, 0.6) is 0 Å². The zero-order valence-electron chi connectivity index (χ0n) is 11.3. The van der Waals surface area contributed by atoms with Crippen molar-refractivity contribution in [2.75, 3.05) is 6.54 Å². The zero-order chi connectivity index (χ0) is 13.7. The molecule has 2 rings (SSSR count). The average Bonchev–Trinajstić information content (AvgIpc) is 2.38. The van der Waals surface area contributed by atoms with Gasteiger partial charge in [-0.05, 0) is 38.1 Å². The third-order valence-corrected chi connectivity index (χ3v) is 2.72. The predicted octanol–water partition coefficient (Wildman–Crippen LogP) is 3.09. The van der Waals surface area contributed by atoms with Crippen molar-refractivity contribution in [3.05, 3.63) is 47.5 Å². The summed E-state index contributed by atoms with van der Waals surface area (Å²) in [6.07, 6.45) is 1.08. The summed E-state index contributed by atoms with van der Waals surface area (Å²) in [5.41, 5.74) is 2.53. The molecule has 0 saturated heterocycles. The summed E-state index contributed by atoms with van der Waals surface area (Å²) in [6.45, 7) is 5.71. The molecule has 0 bridgehead atoms. The molecule has 1 N–H and O–H groups in total. The minimum atomic E-state index is -0.270. The molecule has 0 saturated carbocycles. The maximum atomic E-state index is 13.2. The topological polar surface area (TPSA) is 37.8 Å². The lowest BCUT2D eigenvalue weighted by Crippen LogP contribution is -2.15. The SMILES string of the molecule is CCCNCc1cc(C)nc(-c2cccc(F)c2)n1. The molecular weight excluding hydrogens is 241 g/mol. The Labute approximate surface area is 112 Å². The summed E-state index contributed by atoms with van der Waals surface area (Å²) in [6, 6.07) is 8.32. The molecule has 100 valence electrons. The van der Waals surface area contributed by atoms with Gasteiger partial charge in [0.1, 0.15) is 5.82 Å². The van der Waals surface area contributed by atoms with Crippen molar-refractivity contribution in [2.24, 2.45) is 0 Å². The summed E-state index contributed by atoms with van der Waals surface area (Å²) in [7, 11) is 0. The Balaban J connectivity index is 2.26. The molecule has 0 atom stereocenters. The molecular formula is C15H18FN3. The van der Waals surface area contributed by atoms with E-state index in [-0.39, 0.29) is 5.82 Å². The van der Waals surface area contributed by atoms with Crippen molar-refractivity contribution in [3.63, 3.8) is 0 Å². The van der Waals surface area contributed by atoms with E-state index in [4.69, 9.17) is 0 Å². The minimum Gasteiger partial charge on any atom is -0.311 e. The van der Waals surface area contributed by atoms with Gasteiger partial charge in [-0.2, -0.15) is 0 Å². The molecule has 2 aromatic rings. The van der Waals surface area contributed by atoms with Crippen LogP contribution in [0, 0.1) is 12.7 Å². The number of nitrogens with one attached hydrogen (secondary N) is 1. The van der Waals surface area contributed by atoms with Gasteiger partial charge in [0.2, 0.25) is 0 Å². The van der Waals surface area contributed by atoms with Crippen LogP contribution in [0.25, 0.3) is 11.4 Å². The molecule has 0 radical (unpaired) electrons. The molecule has 1 aromatic carbocycles. The van der Waals surface area contributed by atoms with Gasteiger partial charge in [-0.15, -0.1) is 0 Å². The van der Waals surface area contributed by atoms with E-state index < -0.39 is 0 Å². The molecule has 0 aliphatic carbocycles. The van der Waals surface area contributed by atoms with Gasteiger partial charge in [0.25, 0.3) is 0 Å². The standard InChI is InChI=1S/C15H18FN3/c1-3-7-17-10-14-8-11(2)18-15(19-14)12-5-4-6-13(16)9-12/h4-6,8-9,17H,3,7,10H2,1-2H3. The Kier molecular flexibility index (Phi) is 4.58. The molecule has 0 aliphatic heterocycles. The van der Waals surface area contributed by atoms with Gasteiger partial charge in [0.15, 0.2) is 5.82 Å². The summed E-state index contributed by atoms with van der Waals surface area (Å²) in [4.78, 5) is 8.84. The second-order valence-electron chi connectivity index (χ2n) is 4.51. The smallest absolute Gasteiger partial charge is 0.159 e. The molecule has 0 fully saturated rings. The highest BCUT2D eigenvalue weighted by Gasteiger charge is 2.05. The van der Waals surface area contributed by atoms with Crippen LogP contribution in [-0.2, 0) is 6.54 Å². The van der Waals surface area contributed by atoms with E-state index in [1.807, 2.05) is 19.1 Å². The van der Waals surface area contributed by atoms with E-state index in [1.54, 1.807) is 6.07 Å². The van der Waals surface area contributed by atoms with Gasteiger partial charge in [0.05, 0.1) is 5.69 Å². The fourth-order valence-electron chi connectivity index (χ4n) is 1.87. The number of rotatable bonds is 5. The third-order valence-electron chi connectivity index (χ3n) is 2.72. The van der Waals surface area contributed by atoms with Crippen molar-refractivity contribution in [1.29, 1.82) is 0 Å².